The van der Waals surface area contributed by atoms with E-state index in [0.717, 1.165) is 29.1 Å². The van der Waals surface area contributed by atoms with Gasteiger partial charge in [-0.15, -0.1) is 11.3 Å². The van der Waals surface area contributed by atoms with Gasteiger partial charge in [0.25, 0.3) is 5.56 Å². The van der Waals surface area contributed by atoms with Crippen LogP contribution in [-0.2, 0) is 9.53 Å². The number of rotatable bonds is 6. The Kier molecular flexibility index (Phi) is 7.06. The maximum absolute atomic E-state index is 14.0. The van der Waals surface area contributed by atoms with Gasteiger partial charge >= 0.3 is 5.97 Å². The molecule has 2 aromatic carbocycles. The maximum Gasteiger partial charge on any atom is 0.338 e. The van der Waals surface area contributed by atoms with E-state index in [2.05, 4.69) is 30.0 Å². The van der Waals surface area contributed by atoms with Crippen LogP contribution in [0.5, 0.6) is 0 Å². The Balaban J connectivity index is 1.53. The molecule has 0 saturated carbocycles. The Morgan fingerprint density at radius 3 is 2.59 bits per heavy atom. The molecule has 198 valence electrons. The van der Waals surface area contributed by atoms with E-state index < -0.39 is 12.0 Å². The van der Waals surface area contributed by atoms with Crippen LogP contribution in [0.2, 0.25) is 0 Å². The van der Waals surface area contributed by atoms with Gasteiger partial charge in [-0.3, -0.25) is 9.36 Å². The van der Waals surface area contributed by atoms with Gasteiger partial charge < -0.3 is 9.64 Å². The minimum Gasteiger partial charge on any atom is -0.463 e. The first-order valence-electron chi connectivity index (χ1n) is 13.2. The van der Waals surface area contributed by atoms with Crippen molar-refractivity contribution in [1.29, 1.82) is 0 Å². The summed E-state index contributed by atoms with van der Waals surface area (Å²) in [6.45, 7) is 6.33. The molecule has 4 heterocycles. The highest BCUT2D eigenvalue weighted by Crippen LogP contribution is 2.36. The number of thiazole rings is 1. The van der Waals surface area contributed by atoms with Gasteiger partial charge in [0, 0.05) is 29.2 Å². The van der Waals surface area contributed by atoms with E-state index in [4.69, 9.17) is 9.73 Å². The van der Waals surface area contributed by atoms with Gasteiger partial charge in [-0.2, -0.15) is 0 Å². The first-order chi connectivity index (χ1) is 19.0. The fourth-order valence-electron chi connectivity index (χ4n) is 5.39. The average molecular weight is 556 g/mol. The molecule has 1 fully saturated rings. The fourth-order valence-corrected chi connectivity index (χ4v) is 7.21. The van der Waals surface area contributed by atoms with Gasteiger partial charge in [0.05, 0.1) is 22.4 Å². The summed E-state index contributed by atoms with van der Waals surface area (Å²) in [5.41, 5.74) is 5.02. The number of fused-ring (bicyclic) bond motifs is 1. The molecule has 6 rings (SSSR count). The number of anilines is 1. The summed E-state index contributed by atoms with van der Waals surface area (Å²) >= 11 is 2.87. The molecule has 8 heteroatoms. The first kappa shape index (κ1) is 25.5. The largest absolute Gasteiger partial charge is 0.463 e. The highest BCUT2D eigenvalue weighted by atomic mass is 32.1. The summed E-state index contributed by atoms with van der Waals surface area (Å²) in [6.07, 6.45) is 4.39. The molecule has 0 radical (unpaired) electrons. The number of aryl methyl sites for hydroxylation is 1. The quantitative estimate of drug-likeness (QED) is 0.318. The zero-order valence-corrected chi connectivity index (χ0v) is 23.6. The van der Waals surface area contributed by atoms with E-state index in [1.807, 2.05) is 53.9 Å². The Labute approximate surface area is 234 Å². The molecule has 0 aliphatic carbocycles. The van der Waals surface area contributed by atoms with E-state index in [1.165, 1.54) is 46.8 Å². The lowest BCUT2D eigenvalue weighted by atomic mass is 9.97. The van der Waals surface area contributed by atoms with Crippen LogP contribution in [0.3, 0.4) is 0 Å². The van der Waals surface area contributed by atoms with Gasteiger partial charge in [0.15, 0.2) is 4.80 Å². The summed E-state index contributed by atoms with van der Waals surface area (Å²) in [5.74, 6) is -0.457. The molecule has 2 aliphatic heterocycles. The maximum atomic E-state index is 14.0. The van der Waals surface area contributed by atoms with E-state index in [9.17, 15) is 9.59 Å². The smallest absolute Gasteiger partial charge is 0.338 e. The minimum absolute atomic E-state index is 0.160. The van der Waals surface area contributed by atoms with E-state index in [0.29, 0.717) is 20.6 Å². The molecule has 0 bridgehead atoms. The lowest BCUT2D eigenvalue weighted by Crippen LogP contribution is -2.39. The molecule has 1 atom stereocenters. The first-order valence-corrected chi connectivity index (χ1v) is 14.9. The van der Waals surface area contributed by atoms with Crippen molar-refractivity contribution in [2.24, 2.45) is 4.99 Å². The zero-order chi connectivity index (χ0) is 26.9. The highest BCUT2D eigenvalue weighted by molar-refractivity contribution is 7.10. The number of hydrogen-bond acceptors (Lipinski definition) is 7. The van der Waals surface area contributed by atoms with Crippen LogP contribution in [0.1, 0.15) is 47.4 Å². The van der Waals surface area contributed by atoms with Gasteiger partial charge in [-0.05, 0) is 67.5 Å². The Morgan fingerprint density at radius 1 is 1.10 bits per heavy atom. The second kappa shape index (κ2) is 10.8. The van der Waals surface area contributed by atoms with Crippen molar-refractivity contribution in [3.8, 4) is 0 Å². The molecule has 39 heavy (non-hydrogen) atoms. The molecule has 0 N–H and O–H groups in total. The average Bonchev–Trinajstić information content (AvgIpc) is 3.72. The van der Waals surface area contributed by atoms with Gasteiger partial charge in [-0.1, -0.05) is 53.8 Å². The van der Waals surface area contributed by atoms with Crippen molar-refractivity contribution < 1.29 is 9.53 Å². The van der Waals surface area contributed by atoms with Crippen molar-refractivity contribution in [2.45, 2.75) is 32.7 Å². The highest BCUT2D eigenvalue weighted by Gasteiger charge is 2.35. The number of aromatic nitrogens is 1. The molecule has 6 nitrogen and oxygen atoms in total. The number of benzene rings is 2. The van der Waals surface area contributed by atoms with Crippen LogP contribution in [0.15, 0.2) is 81.4 Å². The van der Waals surface area contributed by atoms with Crippen LogP contribution < -0.4 is 19.8 Å². The molecular weight excluding hydrogens is 526 g/mol. The van der Waals surface area contributed by atoms with Crippen LogP contribution in [0.4, 0.5) is 5.69 Å². The molecule has 0 spiro atoms. The number of esters is 1. The Bertz CT molecular complexity index is 1730. The van der Waals surface area contributed by atoms with Crippen molar-refractivity contribution in [3.05, 3.63) is 113 Å². The summed E-state index contributed by atoms with van der Waals surface area (Å²) in [4.78, 5) is 36.2. The molecule has 1 saturated heterocycles. The lowest BCUT2D eigenvalue weighted by molar-refractivity contribution is -0.138. The van der Waals surface area contributed by atoms with Crippen molar-refractivity contribution >= 4 is 46.1 Å². The van der Waals surface area contributed by atoms with E-state index in [1.54, 1.807) is 11.5 Å². The number of ether oxygens (including phenoxy) is 1. The predicted molar refractivity (Wildman–Crippen MR) is 158 cm³/mol. The van der Waals surface area contributed by atoms with Crippen LogP contribution in [0, 0.1) is 6.92 Å². The molecular formula is C31H29N3O3S2. The summed E-state index contributed by atoms with van der Waals surface area (Å²) in [5, 5.41) is 1.96. The standard InChI is InChI=1S/C31H29N3O3S2/c1-3-37-30(36)26-27(22-10-5-4-6-11-22)32-31-34(28(26)24-12-9-17-38-24)29(35)25(39-31)19-21-13-14-23(20(2)18-21)33-15-7-8-16-33/h4-6,9-14,17-19,28H,3,7-8,15-16H2,1-2H3/b25-19+/t28-/m0/s1. The van der Waals surface area contributed by atoms with E-state index in [-0.39, 0.29) is 12.2 Å². The fraction of sp³-hybridized carbons (Fsp3) is 0.258. The zero-order valence-electron chi connectivity index (χ0n) is 21.9. The van der Waals surface area contributed by atoms with Crippen molar-refractivity contribution in [3.63, 3.8) is 0 Å². The van der Waals surface area contributed by atoms with Gasteiger partial charge in [0.2, 0.25) is 0 Å². The number of nitrogens with zero attached hydrogens (tertiary/aromatic N) is 3. The second-order valence-electron chi connectivity index (χ2n) is 9.69. The third kappa shape index (κ3) is 4.79. The molecule has 4 aromatic rings. The van der Waals surface area contributed by atoms with Gasteiger partial charge in [0.1, 0.15) is 6.04 Å². The van der Waals surface area contributed by atoms with Crippen LogP contribution in [0.25, 0.3) is 11.8 Å². The lowest BCUT2D eigenvalue weighted by Gasteiger charge is -2.24. The SMILES string of the molecule is CCOC(=O)C1=C(c2ccccc2)N=c2s/c(=C/c3ccc(N4CCCC4)c(C)c3)c(=O)n2[C@H]1c1cccs1. The van der Waals surface area contributed by atoms with Crippen LogP contribution >= 0.6 is 22.7 Å². The van der Waals surface area contributed by atoms with Crippen LogP contribution in [-0.4, -0.2) is 30.2 Å². The Hall–Kier alpha value is -3.75. The molecule has 0 amide bonds. The summed E-state index contributed by atoms with van der Waals surface area (Å²) in [6, 6.07) is 19.3. The third-order valence-electron chi connectivity index (χ3n) is 7.15. The molecule has 0 unspecified atom stereocenters. The predicted octanol–water partition coefficient (Wildman–Crippen LogP) is 4.91. The molecule has 2 aliphatic rings. The van der Waals surface area contributed by atoms with Gasteiger partial charge in [-0.25, -0.2) is 9.79 Å². The monoisotopic (exact) mass is 555 g/mol. The second-order valence-corrected chi connectivity index (χ2v) is 11.7. The van der Waals surface area contributed by atoms with E-state index >= 15 is 0 Å². The normalized spacial score (nSPS) is 17.3. The molecule has 2 aromatic heterocycles. The third-order valence-corrected chi connectivity index (χ3v) is 9.06. The topological polar surface area (TPSA) is 63.9 Å². The van der Waals surface area contributed by atoms with Crippen molar-refractivity contribution in [1.82, 2.24) is 4.57 Å². The summed E-state index contributed by atoms with van der Waals surface area (Å²) in [7, 11) is 0. The number of carbonyl (C=O) groups excluding carboxylic acids is 1. The summed E-state index contributed by atoms with van der Waals surface area (Å²) < 4.78 is 7.75. The number of hydrogen-bond donors (Lipinski definition) is 0. The Morgan fingerprint density at radius 2 is 1.90 bits per heavy atom. The number of carbonyl (C=O) groups is 1. The number of thiophene rings is 1. The minimum atomic E-state index is -0.614. The van der Waals surface area contributed by atoms with Crippen molar-refractivity contribution in [2.75, 3.05) is 24.6 Å².